The Morgan fingerprint density at radius 3 is 2.55 bits per heavy atom. The molecule has 0 amide bonds. The first-order valence-electron chi connectivity index (χ1n) is 5.48. The molecule has 5 nitrogen and oxygen atoms in total. The monoisotopic (exact) mass is 295 g/mol. The number of aromatic nitrogens is 1. The highest BCUT2D eigenvalue weighted by Gasteiger charge is 2.21. The van der Waals surface area contributed by atoms with Gasteiger partial charge in [-0.25, -0.2) is 17.6 Å². The number of carboxylic acids is 1. The van der Waals surface area contributed by atoms with Crippen molar-refractivity contribution in [2.24, 2.45) is 0 Å². The molecule has 0 aliphatic carbocycles. The molecule has 1 aromatic carbocycles. The van der Waals surface area contributed by atoms with Crippen molar-refractivity contribution in [3.05, 3.63) is 48.0 Å². The van der Waals surface area contributed by atoms with E-state index in [9.17, 15) is 17.6 Å². The molecule has 0 saturated heterocycles. The molecule has 1 heterocycles. The highest BCUT2D eigenvalue weighted by Crippen LogP contribution is 2.29. The Hall–Kier alpha value is -2.28. The molecular weight excluding hydrogens is 285 g/mol. The molecule has 0 radical (unpaired) electrons. The third kappa shape index (κ3) is 2.67. The van der Waals surface area contributed by atoms with E-state index in [-0.39, 0.29) is 10.5 Å². The average Bonchev–Trinajstić information content (AvgIpc) is 2.37. The minimum atomic E-state index is -3.71. The van der Waals surface area contributed by atoms with Crippen LogP contribution in [0.1, 0.15) is 10.4 Å². The molecule has 1 aromatic heterocycles. The van der Waals surface area contributed by atoms with Gasteiger partial charge in [0.2, 0.25) is 0 Å². The second kappa shape index (κ2) is 5.01. The molecule has 7 heteroatoms. The zero-order valence-corrected chi connectivity index (χ0v) is 11.2. The van der Waals surface area contributed by atoms with Gasteiger partial charge in [0, 0.05) is 29.8 Å². The minimum absolute atomic E-state index is 0.0862. The maximum absolute atomic E-state index is 13.8. The number of rotatable bonds is 3. The number of pyridine rings is 1. The molecular formula is C13H10FNO4S. The molecule has 0 unspecified atom stereocenters. The summed E-state index contributed by atoms with van der Waals surface area (Å²) in [6.07, 6.45) is 3.81. The Balaban J connectivity index is 2.81. The molecule has 1 N–H and O–H groups in total. The van der Waals surface area contributed by atoms with Gasteiger partial charge in [0.1, 0.15) is 5.82 Å². The van der Waals surface area contributed by atoms with Gasteiger partial charge in [-0.05, 0) is 18.2 Å². The Morgan fingerprint density at radius 2 is 2.05 bits per heavy atom. The number of nitrogens with zero attached hydrogens (tertiary/aromatic N) is 1. The highest BCUT2D eigenvalue weighted by molar-refractivity contribution is 7.90. The van der Waals surface area contributed by atoms with Crippen LogP contribution in [-0.2, 0) is 9.84 Å². The van der Waals surface area contributed by atoms with Gasteiger partial charge in [-0.15, -0.1) is 0 Å². The lowest BCUT2D eigenvalue weighted by Crippen LogP contribution is -2.07. The fourth-order valence-electron chi connectivity index (χ4n) is 1.77. The van der Waals surface area contributed by atoms with Crippen molar-refractivity contribution in [2.75, 3.05) is 6.26 Å². The van der Waals surface area contributed by atoms with E-state index in [1.54, 1.807) is 12.1 Å². The molecule has 0 saturated carbocycles. The predicted molar refractivity (Wildman–Crippen MR) is 69.7 cm³/mol. The van der Waals surface area contributed by atoms with Crippen LogP contribution in [0.25, 0.3) is 11.1 Å². The second-order valence-electron chi connectivity index (χ2n) is 4.15. The van der Waals surface area contributed by atoms with E-state index in [1.165, 1.54) is 12.4 Å². The summed E-state index contributed by atoms with van der Waals surface area (Å²) in [5.41, 5.74) is -0.204. The van der Waals surface area contributed by atoms with Crippen LogP contribution in [0.3, 0.4) is 0 Å². The molecule has 2 rings (SSSR count). The minimum Gasteiger partial charge on any atom is -0.478 e. The largest absolute Gasteiger partial charge is 0.478 e. The third-order valence-corrected chi connectivity index (χ3v) is 3.81. The van der Waals surface area contributed by atoms with E-state index in [0.29, 0.717) is 5.56 Å². The molecule has 0 atom stereocenters. The summed E-state index contributed by atoms with van der Waals surface area (Å²) in [5.74, 6) is -2.52. The van der Waals surface area contributed by atoms with Crippen molar-refractivity contribution in [2.45, 2.75) is 4.90 Å². The number of benzene rings is 1. The van der Waals surface area contributed by atoms with E-state index >= 15 is 0 Å². The molecule has 0 spiro atoms. The van der Waals surface area contributed by atoms with Crippen LogP contribution in [0.4, 0.5) is 4.39 Å². The second-order valence-corrected chi connectivity index (χ2v) is 6.13. The highest BCUT2D eigenvalue weighted by atomic mass is 32.2. The molecule has 0 fully saturated rings. The first kappa shape index (κ1) is 14.1. The van der Waals surface area contributed by atoms with Crippen LogP contribution >= 0.6 is 0 Å². The van der Waals surface area contributed by atoms with E-state index in [2.05, 4.69) is 4.98 Å². The van der Waals surface area contributed by atoms with Crippen LogP contribution in [0.5, 0.6) is 0 Å². The summed E-state index contributed by atoms with van der Waals surface area (Å²) < 4.78 is 37.3. The zero-order valence-electron chi connectivity index (χ0n) is 10.4. The topological polar surface area (TPSA) is 84.3 Å². The van der Waals surface area contributed by atoms with Crippen molar-refractivity contribution in [1.29, 1.82) is 0 Å². The first-order chi connectivity index (χ1) is 9.30. The maximum Gasteiger partial charge on any atom is 0.338 e. The average molecular weight is 295 g/mol. The van der Waals surface area contributed by atoms with Crippen molar-refractivity contribution >= 4 is 15.8 Å². The van der Waals surface area contributed by atoms with Crippen molar-refractivity contribution in [1.82, 2.24) is 4.98 Å². The Bertz CT molecular complexity index is 772. The lowest BCUT2D eigenvalue weighted by atomic mass is 10.0. The number of sulfone groups is 1. The summed E-state index contributed by atoms with van der Waals surface area (Å²) in [4.78, 5) is 14.5. The molecule has 0 aliphatic rings. The maximum atomic E-state index is 13.8. The van der Waals surface area contributed by atoms with Gasteiger partial charge < -0.3 is 5.11 Å². The SMILES string of the molecule is CS(=O)(=O)c1cc(C(=O)O)c(F)cc1-c1cccnc1. The van der Waals surface area contributed by atoms with Gasteiger partial charge in [0.05, 0.1) is 10.5 Å². The van der Waals surface area contributed by atoms with Gasteiger partial charge in [-0.2, -0.15) is 0 Å². The Labute approximate surface area is 114 Å². The zero-order chi connectivity index (χ0) is 14.9. The van der Waals surface area contributed by atoms with Gasteiger partial charge in [-0.3, -0.25) is 4.98 Å². The predicted octanol–water partition coefficient (Wildman–Crippen LogP) is 1.99. The van der Waals surface area contributed by atoms with Gasteiger partial charge in [0.25, 0.3) is 0 Å². The van der Waals surface area contributed by atoms with Gasteiger partial charge >= 0.3 is 5.97 Å². The lowest BCUT2D eigenvalue weighted by molar-refractivity contribution is 0.0691. The molecule has 0 bridgehead atoms. The van der Waals surface area contributed by atoms with Crippen LogP contribution in [0, 0.1) is 5.82 Å². The number of hydrogen-bond acceptors (Lipinski definition) is 4. The Morgan fingerprint density at radius 1 is 1.35 bits per heavy atom. The molecule has 104 valence electrons. The smallest absolute Gasteiger partial charge is 0.338 e. The third-order valence-electron chi connectivity index (χ3n) is 2.67. The first-order valence-corrected chi connectivity index (χ1v) is 7.37. The molecule has 2 aromatic rings. The fourth-order valence-corrected chi connectivity index (χ4v) is 2.68. The van der Waals surface area contributed by atoms with Crippen LogP contribution < -0.4 is 0 Å². The lowest BCUT2D eigenvalue weighted by Gasteiger charge is -2.10. The van der Waals surface area contributed by atoms with Crippen LogP contribution in [0.2, 0.25) is 0 Å². The summed E-state index contributed by atoms with van der Waals surface area (Å²) in [7, 11) is -3.71. The summed E-state index contributed by atoms with van der Waals surface area (Å²) in [6, 6.07) is 4.87. The summed E-state index contributed by atoms with van der Waals surface area (Å²) in [6.45, 7) is 0. The molecule has 20 heavy (non-hydrogen) atoms. The van der Waals surface area contributed by atoms with Crippen molar-refractivity contribution < 1.29 is 22.7 Å². The van der Waals surface area contributed by atoms with Gasteiger partial charge in [-0.1, -0.05) is 6.07 Å². The fraction of sp³-hybridized carbons (Fsp3) is 0.0769. The van der Waals surface area contributed by atoms with E-state index in [4.69, 9.17) is 5.11 Å². The standard InChI is InChI=1S/C13H10FNO4S/c1-20(18,19)12-6-10(13(16)17)11(14)5-9(12)8-3-2-4-15-7-8/h2-7H,1H3,(H,16,17). The number of halogens is 1. The van der Waals surface area contributed by atoms with E-state index in [0.717, 1.165) is 18.4 Å². The number of carbonyl (C=O) groups is 1. The van der Waals surface area contributed by atoms with Crippen LogP contribution in [0.15, 0.2) is 41.6 Å². The Kier molecular flexibility index (Phi) is 3.54. The quantitative estimate of drug-likeness (QED) is 0.875. The molecule has 0 aliphatic heterocycles. The summed E-state index contributed by atoms with van der Waals surface area (Å²) >= 11 is 0. The van der Waals surface area contributed by atoms with E-state index in [1.807, 2.05) is 0 Å². The van der Waals surface area contributed by atoms with E-state index < -0.39 is 27.2 Å². The van der Waals surface area contributed by atoms with Crippen molar-refractivity contribution in [3.8, 4) is 11.1 Å². The van der Waals surface area contributed by atoms with Crippen LogP contribution in [-0.4, -0.2) is 30.7 Å². The number of aromatic carboxylic acids is 1. The normalized spacial score (nSPS) is 11.3. The number of hydrogen-bond donors (Lipinski definition) is 1. The number of carboxylic acid groups (broad SMARTS) is 1. The van der Waals surface area contributed by atoms with Gasteiger partial charge in [0.15, 0.2) is 9.84 Å². The van der Waals surface area contributed by atoms with Crippen molar-refractivity contribution in [3.63, 3.8) is 0 Å². The summed E-state index contributed by atoms with van der Waals surface area (Å²) in [5, 5.41) is 8.87.